The summed E-state index contributed by atoms with van der Waals surface area (Å²) < 4.78 is 4.48. The summed E-state index contributed by atoms with van der Waals surface area (Å²) in [7, 11) is 1.40. The lowest BCUT2D eigenvalue weighted by molar-refractivity contribution is -0.134. The fourth-order valence-electron chi connectivity index (χ4n) is 1.29. The molecule has 0 saturated heterocycles. The van der Waals surface area contributed by atoms with Gasteiger partial charge in [-0.1, -0.05) is 45.1 Å². The third-order valence-corrected chi connectivity index (χ3v) is 2.18. The maximum absolute atomic E-state index is 10.7. The summed E-state index contributed by atoms with van der Waals surface area (Å²) in [6.07, 6.45) is 12.1. The van der Waals surface area contributed by atoms with Crippen LogP contribution in [0.15, 0.2) is 12.2 Å². The number of hydrogen-bond donors (Lipinski definition) is 0. The highest BCUT2D eigenvalue weighted by Crippen LogP contribution is 2.06. The zero-order valence-electron chi connectivity index (χ0n) is 9.42. The number of allylic oxidation sites excluding steroid dienone is 1. The molecule has 0 aliphatic rings. The first-order valence-corrected chi connectivity index (χ1v) is 5.55. The minimum atomic E-state index is -0.254. The molecule has 0 amide bonds. The number of methoxy groups -OCH3 is 1. The van der Waals surface area contributed by atoms with Crippen LogP contribution in [0.4, 0.5) is 0 Å². The molecule has 0 unspecified atom stereocenters. The summed E-state index contributed by atoms with van der Waals surface area (Å²) in [6.45, 7) is 2.22. The van der Waals surface area contributed by atoms with E-state index in [1.54, 1.807) is 0 Å². The van der Waals surface area contributed by atoms with Gasteiger partial charge in [-0.25, -0.2) is 4.79 Å². The van der Waals surface area contributed by atoms with Crippen molar-refractivity contribution in [2.75, 3.05) is 7.11 Å². The predicted molar refractivity (Wildman–Crippen MR) is 59.1 cm³/mol. The van der Waals surface area contributed by atoms with E-state index in [0.717, 1.165) is 6.42 Å². The van der Waals surface area contributed by atoms with Crippen molar-refractivity contribution in [2.45, 2.75) is 51.9 Å². The molecule has 14 heavy (non-hydrogen) atoms. The van der Waals surface area contributed by atoms with Crippen LogP contribution in [-0.2, 0) is 9.53 Å². The molecule has 0 aromatic carbocycles. The minimum absolute atomic E-state index is 0.254. The summed E-state index contributed by atoms with van der Waals surface area (Å²) >= 11 is 0. The smallest absolute Gasteiger partial charge is 0.330 e. The Morgan fingerprint density at radius 1 is 1.14 bits per heavy atom. The lowest BCUT2D eigenvalue weighted by atomic mass is 10.1. The Kier molecular flexibility index (Phi) is 9.71. The molecular weight excluding hydrogens is 176 g/mol. The number of carbonyl (C=O) groups is 1. The molecule has 2 nitrogen and oxygen atoms in total. The van der Waals surface area contributed by atoms with Crippen LogP contribution in [0.2, 0.25) is 0 Å². The Morgan fingerprint density at radius 3 is 2.43 bits per heavy atom. The Labute approximate surface area is 87.3 Å². The third kappa shape index (κ3) is 9.30. The molecule has 0 spiro atoms. The number of rotatable bonds is 8. The van der Waals surface area contributed by atoms with Crippen molar-refractivity contribution in [2.24, 2.45) is 0 Å². The summed E-state index contributed by atoms with van der Waals surface area (Å²) in [5, 5.41) is 0. The van der Waals surface area contributed by atoms with Gasteiger partial charge in [-0.05, 0) is 12.8 Å². The molecule has 0 aromatic rings. The lowest BCUT2D eigenvalue weighted by Gasteiger charge is -1.97. The van der Waals surface area contributed by atoms with Gasteiger partial charge in [0.2, 0.25) is 0 Å². The molecule has 0 heterocycles. The molecule has 0 N–H and O–H groups in total. The van der Waals surface area contributed by atoms with Gasteiger partial charge in [0.1, 0.15) is 0 Å². The molecule has 0 bridgehead atoms. The Balaban J connectivity index is 3.13. The van der Waals surface area contributed by atoms with E-state index in [9.17, 15) is 4.79 Å². The number of ether oxygens (including phenoxy) is 1. The third-order valence-electron chi connectivity index (χ3n) is 2.18. The second-order valence-corrected chi connectivity index (χ2v) is 3.48. The molecule has 0 aromatic heterocycles. The number of esters is 1. The summed E-state index contributed by atoms with van der Waals surface area (Å²) in [4.78, 5) is 10.7. The van der Waals surface area contributed by atoms with Gasteiger partial charge in [-0.3, -0.25) is 0 Å². The van der Waals surface area contributed by atoms with E-state index < -0.39 is 0 Å². The van der Waals surface area contributed by atoms with Crippen molar-refractivity contribution in [3.05, 3.63) is 12.2 Å². The Bertz CT molecular complexity index is 162. The average Bonchev–Trinajstić information content (AvgIpc) is 2.21. The van der Waals surface area contributed by atoms with Crippen molar-refractivity contribution < 1.29 is 9.53 Å². The molecule has 0 radical (unpaired) electrons. The zero-order chi connectivity index (χ0) is 10.6. The standard InChI is InChI=1S/C12H22O2/c1-3-4-5-6-7-8-9-10-11-12(13)14-2/h10-11H,3-9H2,1-2H3/b11-10+. The van der Waals surface area contributed by atoms with E-state index in [0.29, 0.717) is 0 Å². The van der Waals surface area contributed by atoms with Crippen molar-refractivity contribution in [3.8, 4) is 0 Å². The molecule has 2 heteroatoms. The van der Waals surface area contributed by atoms with E-state index in [1.807, 2.05) is 6.08 Å². The molecule has 0 rings (SSSR count). The Hall–Kier alpha value is -0.790. The van der Waals surface area contributed by atoms with Crippen LogP contribution >= 0.6 is 0 Å². The van der Waals surface area contributed by atoms with Crippen LogP contribution in [0.5, 0.6) is 0 Å². The highest BCUT2D eigenvalue weighted by atomic mass is 16.5. The highest BCUT2D eigenvalue weighted by Gasteiger charge is 1.90. The van der Waals surface area contributed by atoms with Crippen LogP contribution in [0, 0.1) is 0 Å². The van der Waals surface area contributed by atoms with Gasteiger partial charge in [-0.2, -0.15) is 0 Å². The van der Waals surface area contributed by atoms with Crippen molar-refractivity contribution in [1.82, 2.24) is 0 Å². The van der Waals surface area contributed by atoms with E-state index in [1.165, 1.54) is 51.7 Å². The van der Waals surface area contributed by atoms with Gasteiger partial charge < -0.3 is 4.74 Å². The molecule has 0 aliphatic heterocycles. The first-order valence-electron chi connectivity index (χ1n) is 5.55. The molecule has 0 saturated carbocycles. The second-order valence-electron chi connectivity index (χ2n) is 3.48. The van der Waals surface area contributed by atoms with Gasteiger partial charge >= 0.3 is 5.97 Å². The van der Waals surface area contributed by atoms with E-state index >= 15 is 0 Å². The molecule has 0 aliphatic carbocycles. The first-order chi connectivity index (χ1) is 6.81. The van der Waals surface area contributed by atoms with Crippen LogP contribution in [0.3, 0.4) is 0 Å². The fraction of sp³-hybridized carbons (Fsp3) is 0.750. The molecule has 0 atom stereocenters. The van der Waals surface area contributed by atoms with E-state index in [-0.39, 0.29) is 5.97 Å². The topological polar surface area (TPSA) is 26.3 Å². The van der Waals surface area contributed by atoms with Gasteiger partial charge in [0.15, 0.2) is 0 Å². The summed E-state index contributed by atoms with van der Waals surface area (Å²) in [6, 6.07) is 0. The monoisotopic (exact) mass is 198 g/mol. The molecular formula is C12H22O2. The van der Waals surface area contributed by atoms with Crippen molar-refractivity contribution in [3.63, 3.8) is 0 Å². The van der Waals surface area contributed by atoms with Crippen molar-refractivity contribution >= 4 is 5.97 Å². The maximum atomic E-state index is 10.7. The quantitative estimate of drug-likeness (QED) is 0.339. The first kappa shape index (κ1) is 13.2. The summed E-state index contributed by atoms with van der Waals surface area (Å²) in [5.41, 5.74) is 0. The van der Waals surface area contributed by atoms with Crippen LogP contribution in [0.25, 0.3) is 0 Å². The van der Waals surface area contributed by atoms with Crippen LogP contribution in [0.1, 0.15) is 51.9 Å². The van der Waals surface area contributed by atoms with Crippen molar-refractivity contribution in [1.29, 1.82) is 0 Å². The fourth-order valence-corrected chi connectivity index (χ4v) is 1.29. The lowest BCUT2D eigenvalue weighted by Crippen LogP contribution is -1.93. The minimum Gasteiger partial charge on any atom is -0.466 e. The van der Waals surface area contributed by atoms with Crippen LogP contribution in [-0.4, -0.2) is 13.1 Å². The van der Waals surface area contributed by atoms with Gasteiger partial charge in [-0.15, -0.1) is 0 Å². The van der Waals surface area contributed by atoms with Gasteiger partial charge in [0, 0.05) is 6.08 Å². The second kappa shape index (κ2) is 10.3. The maximum Gasteiger partial charge on any atom is 0.330 e. The Morgan fingerprint density at radius 2 is 1.79 bits per heavy atom. The van der Waals surface area contributed by atoms with Gasteiger partial charge in [0.05, 0.1) is 7.11 Å². The number of unbranched alkanes of at least 4 members (excludes halogenated alkanes) is 6. The zero-order valence-corrected chi connectivity index (χ0v) is 9.42. The van der Waals surface area contributed by atoms with Crippen LogP contribution < -0.4 is 0 Å². The number of hydrogen-bond acceptors (Lipinski definition) is 2. The largest absolute Gasteiger partial charge is 0.466 e. The molecule has 82 valence electrons. The predicted octanol–water partition coefficient (Wildman–Crippen LogP) is 3.47. The van der Waals surface area contributed by atoms with E-state index in [2.05, 4.69) is 11.7 Å². The van der Waals surface area contributed by atoms with Gasteiger partial charge in [0.25, 0.3) is 0 Å². The number of carbonyl (C=O) groups excluding carboxylic acids is 1. The molecule has 0 fully saturated rings. The normalized spacial score (nSPS) is 10.7. The highest BCUT2D eigenvalue weighted by molar-refractivity contribution is 5.81. The van der Waals surface area contributed by atoms with E-state index in [4.69, 9.17) is 0 Å². The SMILES string of the molecule is CCCCCCCC/C=C/C(=O)OC. The summed E-state index contributed by atoms with van der Waals surface area (Å²) in [5.74, 6) is -0.254. The average molecular weight is 198 g/mol.